The first-order valence-corrected chi connectivity index (χ1v) is 28.5. The van der Waals surface area contributed by atoms with E-state index in [4.69, 9.17) is 29.4 Å². The number of aromatic nitrogens is 4. The number of nitrogens with one attached hydrogen (secondary N) is 1. The highest BCUT2D eigenvalue weighted by Gasteiger charge is 2.45. The molecule has 2 aromatic heterocycles. The first kappa shape index (κ1) is 59.9. The number of amides is 2. The van der Waals surface area contributed by atoms with E-state index in [9.17, 15) is 46.1 Å². The molecule has 84 heavy (non-hydrogen) atoms. The normalized spacial score (nSPS) is 19.5. The van der Waals surface area contributed by atoms with Gasteiger partial charge in [-0.3, -0.25) is 14.5 Å². The average molecular weight is 1190 g/mol. The van der Waals surface area contributed by atoms with Crippen molar-refractivity contribution in [2.24, 2.45) is 0 Å². The Morgan fingerprint density at radius 3 is 1.50 bits per heavy atom. The van der Waals surface area contributed by atoms with E-state index in [1.807, 2.05) is 58.3 Å². The smallest absolute Gasteiger partial charge is 0.471 e. The quantitative estimate of drug-likeness (QED) is 0.107. The van der Waals surface area contributed by atoms with Crippen LogP contribution in [0.3, 0.4) is 0 Å². The first-order valence-electron chi connectivity index (χ1n) is 28.5. The van der Waals surface area contributed by atoms with Gasteiger partial charge in [-0.2, -0.15) is 59.8 Å². The number of alkyl halides is 6. The Bertz CT molecular complexity index is 3340. The van der Waals surface area contributed by atoms with Gasteiger partial charge >= 0.3 is 36.2 Å². The van der Waals surface area contributed by atoms with Crippen LogP contribution in [0.2, 0.25) is 0 Å². The fraction of sp³-hybridized carbons (Fsp3) is 0.492. The molecule has 25 heteroatoms. The van der Waals surface area contributed by atoms with Gasteiger partial charge in [0.15, 0.2) is 0 Å². The van der Waals surface area contributed by atoms with Crippen LogP contribution in [0.5, 0.6) is 23.5 Å². The van der Waals surface area contributed by atoms with Gasteiger partial charge in [0.05, 0.1) is 24.5 Å². The van der Waals surface area contributed by atoms with Crippen LogP contribution in [-0.4, -0.2) is 179 Å². The van der Waals surface area contributed by atoms with Gasteiger partial charge in [0, 0.05) is 129 Å². The third-order valence-corrected chi connectivity index (χ3v) is 16.7. The summed E-state index contributed by atoms with van der Waals surface area (Å²) >= 11 is 0. The average Bonchev–Trinajstić information content (AvgIpc) is 2.95. The minimum absolute atomic E-state index is 0. The SMILES string of the molecule is CC(C)N1CCC[C@H]1COc1nc2c(c(N3CCN(C(=O)C(F)(F)F)CC3)n1)CCN(c1cc(O)cc3ccccc13)C2.O=C(N1CCN(c2nc(OC[C@@H]3CCCN3)nc3c2CCN(c2cc(O)cc4ccccc24)C3)CC1)C(F)(F)F.S. The van der Waals surface area contributed by atoms with Crippen molar-refractivity contribution in [2.45, 2.75) is 95.9 Å². The molecule has 3 N–H and O–H groups in total. The zero-order valence-corrected chi connectivity index (χ0v) is 47.9. The monoisotopic (exact) mass is 1190 g/mol. The molecule has 2 amide bonds. The standard InChI is InChI=1S/C31H37F3N6O3.C28H31F3N6O3.H2S/c1-20(2)40-10-5-7-22(40)19-43-30-35-26-18-39(27-17-23(41)16-21-6-3-4-8-24(21)27)11-9-25(26)28(36-30)37-12-14-38(15-13-37)29(42)31(32,33)34;29-28(30,31)26(39)36-12-10-35(11-13-36)25-22-7-9-37(24-15-20(38)14-18-4-1-2-6-21(18)24)16-23(22)33-27(34-25)40-17-19-5-3-8-32-19;/h3-4,6,8,16-17,20,22,41H,5,7,9-15,18-19H2,1-2H3;1-2,4,6,14-15,19,32,38H,3,5,7-13,16-17H2;1H2/t22-;19-;/m00./s1. The molecule has 0 unspecified atom stereocenters. The topological polar surface area (TPSA) is 179 Å². The number of aromatic hydroxyl groups is 2. The highest BCUT2D eigenvalue weighted by Crippen LogP contribution is 2.39. The maximum absolute atomic E-state index is 13.1. The van der Waals surface area contributed by atoms with Crippen LogP contribution in [-0.2, 0) is 35.5 Å². The number of carbonyl (C=O) groups is 2. The second-order valence-corrected chi connectivity index (χ2v) is 22.3. The molecule has 0 aliphatic carbocycles. The summed E-state index contributed by atoms with van der Waals surface area (Å²) < 4.78 is 90.4. The Hall–Kier alpha value is -7.25. The van der Waals surface area contributed by atoms with E-state index in [1.165, 1.54) is 0 Å². The number of rotatable bonds is 11. The van der Waals surface area contributed by atoms with E-state index < -0.39 is 24.2 Å². The first-order chi connectivity index (χ1) is 39.8. The summed E-state index contributed by atoms with van der Waals surface area (Å²) in [4.78, 5) is 55.1. The molecule has 6 aliphatic rings. The van der Waals surface area contributed by atoms with Crippen LogP contribution in [0.25, 0.3) is 21.5 Å². The zero-order valence-electron chi connectivity index (χ0n) is 46.9. The summed E-state index contributed by atoms with van der Waals surface area (Å²) in [5.74, 6) is -1.93. The zero-order chi connectivity index (χ0) is 58.2. The predicted molar refractivity (Wildman–Crippen MR) is 312 cm³/mol. The summed E-state index contributed by atoms with van der Waals surface area (Å²) in [6.45, 7) is 10.2. The van der Waals surface area contributed by atoms with Crippen LogP contribution < -0.4 is 34.4 Å². The van der Waals surface area contributed by atoms with Crippen LogP contribution in [0, 0.1) is 0 Å². The minimum atomic E-state index is -4.89. The molecule has 0 radical (unpaired) electrons. The van der Waals surface area contributed by atoms with Crippen molar-refractivity contribution in [1.82, 2.24) is 40.0 Å². The summed E-state index contributed by atoms with van der Waals surface area (Å²) in [6, 6.07) is 24.2. The summed E-state index contributed by atoms with van der Waals surface area (Å²) in [6.07, 6.45) is -4.32. The van der Waals surface area contributed by atoms with Gasteiger partial charge in [-0.15, -0.1) is 0 Å². The highest BCUT2D eigenvalue weighted by atomic mass is 32.1. The van der Waals surface area contributed by atoms with Crippen LogP contribution >= 0.6 is 13.5 Å². The van der Waals surface area contributed by atoms with Gasteiger partial charge < -0.3 is 54.4 Å². The third kappa shape index (κ3) is 13.2. The molecule has 18 nitrogen and oxygen atoms in total. The Balaban J connectivity index is 0.000000185. The molecule has 4 fully saturated rings. The van der Waals surface area contributed by atoms with Gasteiger partial charge in [0.2, 0.25) is 0 Å². The van der Waals surface area contributed by atoms with Crippen molar-refractivity contribution < 1.29 is 55.6 Å². The van der Waals surface area contributed by atoms with Gasteiger partial charge in [0.1, 0.15) is 36.3 Å². The maximum atomic E-state index is 13.1. The van der Waals surface area contributed by atoms with Crippen molar-refractivity contribution in [3.63, 3.8) is 0 Å². The fourth-order valence-corrected chi connectivity index (χ4v) is 12.5. The maximum Gasteiger partial charge on any atom is 0.471 e. The molecule has 2 atom stereocenters. The molecule has 6 aromatic rings. The Kier molecular flexibility index (Phi) is 17.9. The summed E-state index contributed by atoms with van der Waals surface area (Å²) in [7, 11) is 0. The number of halogens is 6. The second-order valence-electron chi connectivity index (χ2n) is 22.3. The molecule has 6 aliphatic heterocycles. The minimum Gasteiger partial charge on any atom is -0.508 e. The number of fused-ring (bicyclic) bond motifs is 4. The Labute approximate surface area is 489 Å². The molecule has 450 valence electrons. The van der Waals surface area contributed by atoms with E-state index in [0.29, 0.717) is 69.9 Å². The lowest BCUT2D eigenvalue weighted by Gasteiger charge is -2.38. The number of likely N-dealkylation sites (tertiary alicyclic amines) is 1. The predicted octanol–water partition coefficient (Wildman–Crippen LogP) is 7.71. The lowest BCUT2D eigenvalue weighted by atomic mass is 10.0. The molecule has 12 rings (SSSR count). The molecule has 8 heterocycles. The lowest BCUT2D eigenvalue weighted by molar-refractivity contribution is -0.185. The number of anilines is 4. The third-order valence-electron chi connectivity index (χ3n) is 16.7. The van der Waals surface area contributed by atoms with Gasteiger partial charge in [0.25, 0.3) is 0 Å². The Morgan fingerprint density at radius 2 is 1.06 bits per heavy atom. The lowest BCUT2D eigenvalue weighted by Crippen LogP contribution is -2.53. The fourth-order valence-electron chi connectivity index (χ4n) is 12.5. The summed E-state index contributed by atoms with van der Waals surface area (Å²) in [5.41, 5.74) is 5.25. The summed E-state index contributed by atoms with van der Waals surface area (Å²) in [5, 5.41) is 28.2. The Morgan fingerprint density at radius 1 is 0.595 bits per heavy atom. The van der Waals surface area contributed by atoms with E-state index in [1.54, 1.807) is 24.3 Å². The van der Waals surface area contributed by atoms with E-state index in [2.05, 4.69) is 33.9 Å². The number of ether oxygens (including phenoxy) is 2. The van der Waals surface area contributed by atoms with E-state index in [0.717, 1.165) is 104 Å². The van der Waals surface area contributed by atoms with Crippen molar-refractivity contribution >= 4 is 69.9 Å². The van der Waals surface area contributed by atoms with Crippen LogP contribution in [0.4, 0.5) is 49.4 Å². The second kappa shape index (κ2) is 25.1. The van der Waals surface area contributed by atoms with E-state index >= 15 is 0 Å². The van der Waals surface area contributed by atoms with Crippen molar-refractivity contribution in [3.05, 3.63) is 95.3 Å². The molecule has 4 aromatic carbocycles. The number of nitrogens with zero attached hydrogens (tertiary/aromatic N) is 11. The van der Waals surface area contributed by atoms with Crippen molar-refractivity contribution in [1.29, 1.82) is 0 Å². The molecule has 0 saturated carbocycles. The molecular weight excluding hydrogens is 1120 g/mol. The number of hydrogen-bond donors (Lipinski definition) is 3. The highest BCUT2D eigenvalue weighted by molar-refractivity contribution is 7.59. The molecule has 4 saturated heterocycles. The largest absolute Gasteiger partial charge is 0.508 e. The number of piperazine rings is 2. The molecule has 0 spiro atoms. The van der Waals surface area contributed by atoms with Gasteiger partial charge in [-0.1, -0.05) is 48.5 Å². The number of hydrogen-bond acceptors (Lipinski definition) is 16. The number of phenols is 2. The van der Waals surface area contributed by atoms with Crippen LogP contribution in [0.15, 0.2) is 72.8 Å². The van der Waals surface area contributed by atoms with Gasteiger partial charge in [-0.25, -0.2) is 0 Å². The van der Waals surface area contributed by atoms with Crippen molar-refractivity contribution in [2.75, 3.05) is 111 Å². The van der Waals surface area contributed by atoms with Gasteiger partial charge in [-0.05, 0) is 88.4 Å². The van der Waals surface area contributed by atoms with E-state index in [-0.39, 0.29) is 101 Å². The van der Waals surface area contributed by atoms with Crippen molar-refractivity contribution in [3.8, 4) is 23.5 Å². The van der Waals surface area contributed by atoms with Crippen LogP contribution in [0.1, 0.15) is 62.0 Å². The number of carbonyl (C=O) groups excluding carboxylic acids is 2. The molecule has 0 bridgehead atoms. The molecular formula is C59H70F6N12O6S. The number of benzene rings is 4. The number of phenolic OH excluding ortho intramolecular Hbond substituents is 2.